The summed E-state index contributed by atoms with van der Waals surface area (Å²) in [6.07, 6.45) is 2.61. The Kier molecular flexibility index (Phi) is 4.62. The number of rotatable bonds is 6. The van der Waals surface area contributed by atoms with Crippen LogP contribution >= 0.6 is 11.6 Å². The number of amides is 1. The van der Waals surface area contributed by atoms with Crippen LogP contribution in [0.25, 0.3) is 11.6 Å². The molecule has 1 aromatic carbocycles. The SMILES string of the molecule is O=C(NCCCc1nc(-c2ncn[nH]2)no1)c1ccc(Cl)cc1. The molecule has 2 heterocycles. The molecule has 1 amide bonds. The molecule has 3 rings (SSSR count). The van der Waals surface area contributed by atoms with Crippen LogP contribution in [0.5, 0.6) is 0 Å². The first-order valence-corrected chi connectivity index (χ1v) is 7.32. The molecule has 0 bridgehead atoms. The van der Waals surface area contributed by atoms with E-state index in [0.717, 1.165) is 0 Å². The van der Waals surface area contributed by atoms with Crippen LogP contribution in [-0.2, 0) is 6.42 Å². The third kappa shape index (κ3) is 3.92. The van der Waals surface area contributed by atoms with E-state index in [1.54, 1.807) is 24.3 Å². The van der Waals surface area contributed by atoms with Gasteiger partial charge in [-0.2, -0.15) is 10.1 Å². The molecule has 118 valence electrons. The summed E-state index contributed by atoms with van der Waals surface area (Å²) in [7, 11) is 0. The van der Waals surface area contributed by atoms with Crippen molar-refractivity contribution < 1.29 is 9.32 Å². The van der Waals surface area contributed by atoms with Crippen LogP contribution in [0.4, 0.5) is 0 Å². The minimum Gasteiger partial charge on any atom is -0.352 e. The van der Waals surface area contributed by atoms with Crippen LogP contribution in [-0.4, -0.2) is 37.8 Å². The highest BCUT2D eigenvalue weighted by atomic mass is 35.5. The molecule has 23 heavy (non-hydrogen) atoms. The van der Waals surface area contributed by atoms with Gasteiger partial charge in [-0.05, 0) is 30.7 Å². The second-order valence-corrected chi connectivity index (χ2v) is 5.15. The number of nitrogens with one attached hydrogen (secondary N) is 2. The molecule has 0 aliphatic heterocycles. The summed E-state index contributed by atoms with van der Waals surface area (Å²) in [6.45, 7) is 0.501. The molecule has 0 atom stereocenters. The Labute approximate surface area is 136 Å². The summed E-state index contributed by atoms with van der Waals surface area (Å²) in [4.78, 5) is 20.0. The lowest BCUT2D eigenvalue weighted by Gasteiger charge is -2.04. The van der Waals surface area contributed by atoms with Gasteiger partial charge in [0.15, 0.2) is 5.82 Å². The summed E-state index contributed by atoms with van der Waals surface area (Å²) in [5.41, 5.74) is 0.569. The fraction of sp³-hybridized carbons (Fsp3) is 0.214. The van der Waals surface area contributed by atoms with E-state index in [-0.39, 0.29) is 5.91 Å². The van der Waals surface area contributed by atoms with E-state index in [4.69, 9.17) is 16.1 Å². The molecular formula is C14H13ClN6O2. The third-order valence-electron chi connectivity index (χ3n) is 3.05. The predicted molar refractivity (Wildman–Crippen MR) is 81.8 cm³/mol. The van der Waals surface area contributed by atoms with Crippen molar-refractivity contribution in [2.45, 2.75) is 12.8 Å². The van der Waals surface area contributed by atoms with Crippen LogP contribution in [0.2, 0.25) is 5.02 Å². The van der Waals surface area contributed by atoms with Crippen molar-refractivity contribution in [1.82, 2.24) is 30.6 Å². The highest BCUT2D eigenvalue weighted by Gasteiger charge is 2.11. The number of H-pyrrole nitrogens is 1. The smallest absolute Gasteiger partial charge is 0.251 e. The number of aryl methyl sites for hydroxylation is 1. The summed E-state index contributed by atoms with van der Waals surface area (Å²) in [5.74, 6) is 1.16. The first-order valence-electron chi connectivity index (χ1n) is 6.94. The first-order chi connectivity index (χ1) is 11.2. The van der Waals surface area contributed by atoms with E-state index in [9.17, 15) is 4.79 Å². The fourth-order valence-electron chi connectivity index (χ4n) is 1.91. The number of aromatic amines is 1. The average molecular weight is 333 g/mol. The minimum atomic E-state index is -0.144. The zero-order chi connectivity index (χ0) is 16.1. The van der Waals surface area contributed by atoms with Gasteiger partial charge in [0.1, 0.15) is 6.33 Å². The summed E-state index contributed by atoms with van der Waals surface area (Å²) in [5, 5.41) is 13.6. The third-order valence-corrected chi connectivity index (χ3v) is 3.31. The topological polar surface area (TPSA) is 110 Å². The highest BCUT2D eigenvalue weighted by Crippen LogP contribution is 2.10. The van der Waals surface area contributed by atoms with Gasteiger partial charge in [0.2, 0.25) is 11.7 Å². The molecule has 9 heteroatoms. The molecule has 0 aliphatic rings. The van der Waals surface area contributed by atoms with Crippen LogP contribution < -0.4 is 5.32 Å². The van der Waals surface area contributed by atoms with Gasteiger partial charge >= 0.3 is 0 Å². The molecule has 0 aliphatic carbocycles. The number of benzene rings is 1. The lowest BCUT2D eigenvalue weighted by Crippen LogP contribution is -2.24. The molecule has 2 aromatic heterocycles. The Morgan fingerprint density at radius 3 is 2.87 bits per heavy atom. The summed E-state index contributed by atoms with van der Waals surface area (Å²) < 4.78 is 5.12. The average Bonchev–Trinajstić information content (AvgIpc) is 3.23. The fourth-order valence-corrected chi connectivity index (χ4v) is 2.04. The van der Waals surface area contributed by atoms with E-state index < -0.39 is 0 Å². The van der Waals surface area contributed by atoms with E-state index in [1.165, 1.54) is 6.33 Å². The second-order valence-electron chi connectivity index (χ2n) is 4.71. The Bertz CT molecular complexity index is 769. The predicted octanol–water partition coefficient (Wildman–Crippen LogP) is 1.87. The largest absolute Gasteiger partial charge is 0.352 e. The normalized spacial score (nSPS) is 10.7. The number of hydrogen-bond acceptors (Lipinski definition) is 6. The van der Waals surface area contributed by atoms with Gasteiger partial charge in [-0.3, -0.25) is 9.89 Å². The summed E-state index contributed by atoms with van der Waals surface area (Å²) in [6, 6.07) is 6.72. The number of halogens is 1. The number of nitrogens with zero attached hydrogens (tertiary/aromatic N) is 4. The zero-order valence-electron chi connectivity index (χ0n) is 12.0. The van der Waals surface area contributed by atoms with Crippen molar-refractivity contribution in [3.8, 4) is 11.6 Å². The number of aromatic nitrogens is 5. The van der Waals surface area contributed by atoms with Crippen molar-refractivity contribution >= 4 is 17.5 Å². The van der Waals surface area contributed by atoms with E-state index in [1.807, 2.05) is 0 Å². The molecule has 8 nitrogen and oxygen atoms in total. The maximum Gasteiger partial charge on any atom is 0.251 e. The number of carbonyl (C=O) groups is 1. The molecule has 0 saturated carbocycles. The van der Waals surface area contributed by atoms with Gasteiger partial charge in [-0.15, -0.1) is 0 Å². The van der Waals surface area contributed by atoms with Crippen LogP contribution in [0, 0.1) is 0 Å². The van der Waals surface area contributed by atoms with E-state index >= 15 is 0 Å². The van der Waals surface area contributed by atoms with Crippen molar-refractivity contribution in [2.75, 3.05) is 6.54 Å². The Morgan fingerprint density at radius 2 is 2.13 bits per heavy atom. The minimum absolute atomic E-state index is 0.144. The Balaban J connectivity index is 1.45. The number of hydrogen-bond donors (Lipinski definition) is 2. The van der Waals surface area contributed by atoms with Crippen LogP contribution in [0.3, 0.4) is 0 Å². The van der Waals surface area contributed by atoms with E-state index in [2.05, 4.69) is 30.6 Å². The van der Waals surface area contributed by atoms with Crippen molar-refractivity contribution in [1.29, 1.82) is 0 Å². The monoisotopic (exact) mass is 332 g/mol. The molecule has 0 fully saturated rings. The first kappa shape index (κ1) is 15.2. The van der Waals surface area contributed by atoms with E-state index in [0.29, 0.717) is 47.5 Å². The molecule has 0 unspecified atom stereocenters. The standard InChI is InChI=1S/C14H13ClN6O2/c15-10-5-3-9(4-6-10)14(22)16-7-1-2-11-19-13(21-23-11)12-17-8-18-20-12/h3-6,8H,1-2,7H2,(H,16,22)(H,17,18,20). The van der Waals surface area contributed by atoms with Gasteiger partial charge in [0.25, 0.3) is 5.91 Å². The van der Waals surface area contributed by atoms with Gasteiger partial charge in [-0.25, -0.2) is 4.98 Å². The van der Waals surface area contributed by atoms with Gasteiger partial charge in [0.05, 0.1) is 0 Å². The molecule has 0 radical (unpaired) electrons. The number of carbonyl (C=O) groups excluding carboxylic acids is 1. The van der Waals surface area contributed by atoms with Crippen molar-refractivity contribution in [3.05, 3.63) is 47.1 Å². The quantitative estimate of drug-likeness (QED) is 0.667. The highest BCUT2D eigenvalue weighted by molar-refractivity contribution is 6.30. The maximum absolute atomic E-state index is 11.9. The van der Waals surface area contributed by atoms with Gasteiger partial charge < -0.3 is 9.84 Å². The van der Waals surface area contributed by atoms with Gasteiger partial charge in [-0.1, -0.05) is 16.8 Å². The van der Waals surface area contributed by atoms with Crippen molar-refractivity contribution in [3.63, 3.8) is 0 Å². The maximum atomic E-state index is 11.9. The second kappa shape index (κ2) is 7.01. The Morgan fingerprint density at radius 1 is 1.30 bits per heavy atom. The zero-order valence-corrected chi connectivity index (χ0v) is 12.7. The summed E-state index contributed by atoms with van der Waals surface area (Å²) >= 11 is 5.78. The molecule has 0 saturated heterocycles. The van der Waals surface area contributed by atoms with Crippen LogP contribution in [0.1, 0.15) is 22.7 Å². The lowest BCUT2D eigenvalue weighted by molar-refractivity contribution is 0.0953. The molecule has 0 spiro atoms. The molecule has 2 N–H and O–H groups in total. The lowest BCUT2D eigenvalue weighted by atomic mass is 10.2. The van der Waals surface area contributed by atoms with Gasteiger partial charge in [0, 0.05) is 23.6 Å². The molecular weight excluding hydrogens is 320 g/mol. The Hall–Kier alpha value is -2.74. The van der Waals surface area contributed by atoms with Crippen LogP contribution in [0.15, 0.2) is 35.1 Å². The van der Waals surface area contributed by atoms with Crippen molar-refractivity contribution in [2.24, 2.45) is 0 Å². The molecule has 3 aromatic rings.